The standard InChI is InChI=1S/C18H21NO2/c1-14(13-20)18(19(2)3)15-9-11-17(12-10-15)21-16-7-5-4-6-8-16/h4-14,18H,1-3H3. The fourth-order valence-electron chi connectivity index (χ4n) is 2.50. The van der Waals surface area contributed by atoms with Crippen molar-refractivity contribution < 1.29 is 9.53 Å². The van der Waals surface area contributed by atoms with Crippen LogP contribution in [0.2, 0.25) is 0 Å². The third-order valence-electron chi connectivity index (χ3n) is 3.47. The van der Waals surface area contributed by atoms with Crippen molar-refractivity contribution in [3.63, 3.8) is 0 Å². The smallest absolute Gasteiger partial charge is 0.127 e. The summed E-state index contributed by atoms with van der Waals surface area (Å²) < 4.78 is 5.78. The number of carbonyl (C=O) groups is 1. The molecule has 3 heteroatoms. The molecule has 0 aromatic heterocycles. The second-order valence-electron chi connectivity index (χ2n) is 5.39. The third kappa shape index (κ3) is 3.92. The number of nitrogens with zero attached hydrogens (tertiary/aromatic N) is 1. The van der Waals surface area contributed by atoms with Gasteiger partial charge < -0.3 is 14.4 Å². The van der Waals surface area contributed by atoms with Crippen LogP contribution in [-0.2, 0) is 4.79 Å². The number of hydrogen-bond acceptors (Lipinski definition) is 3. The van der Waals surface area contributed by atoms with Crippen LogP contribution in [0.4, 0.5) is 0 Å². The molecule has 0 N–H and O–H groups in total. The highest BCUT2D eigenvalue weighted by molar-refractivity contribution is 5.55. The van der Waals surface area contributed by atoms with Gasteiger partial charge in [-0.05, 0) is 43.9 Å². The third-order valence-corrected chi connectivity index (χ3v) is 3.47. The first kappa shape index (κ1) is 15.3. The molecule has 0 aliphatic carbocycles. The highest BCUT2D eigenvalue weighted by atomic mass is 16.5. The van der Waals surface area contributed by atoms with E-state index >= 15 is 0 Å². The fraction of sp³-hybridized carbons (Fsp3) is 0.278. The average Bonchev–Trinajstić information content (AvgIpc) is 2.49. The topological polar surface area (TPSA) is 29.5 Å². The van der Waals surface area contributed by atoms with Gasteiger partial charge in [-0.3, -0.25) is 0 Å². The van der Waals surface area contributed by atoms with Crippen molar-refractivity contribution in [3.8, 4) is 11.5 Å². The van der Waals surface area contributed by atoms with E-state index in [-0.39, 0.29) is 12.0 Å². The van der Waals surface area contributed by atoms with Crippen LogP contribution in [0.5, 0.6) is 11.5 Å². The summed E-state index contributed by atoms with van der Waals surface area (Å²) in [6.45, 7) is 1.94. The molecule has 0 saturated heterocycles. The van der Waals surface area contributed by atoms with E-state index in [1.54, 1.807) is 0 Å². The van der Waals surface area contributed by atoms with Gasteiger partial charge in [0.1, 0.15) is 17.8 Å². The Kier molecular flexibility index (Phi) is 5.12. The lowest BCUT2D eigenvalue weighted by molar-refractivity contribution is -0.112. The van der Waals surface area contributed by atoms with E-state index in [0.29, 0.717) is 0 Å². The predicted molar refractivity (Wildman–Crippen MR) is 84.6 cm³/mol. The van der Waals surface area contributed by atoms with E-state index < -0.39 is 0 Å². The van der Waals surface area contributed by atoms with E-state index in [4.69, 9.17) is 4.74 Å². The Bertz CT molecular complexity index is 564. The van der Waals surface area contributed by atoms with Gasteiger partial charge in [0.05, 0.1) is 0 Å². The van der Waals surface area contributed by atoms with Crippen molar-refractivity contribution in [2.45, 2.75) is 13.0 Å². The van der Waals surface area contributed by atoms with Gasteiger partial charge in [0, 0.05) is 12.0 Å². The van der Waals surface area contributed by atoms with Crippen molar-refractivity contribution in [2.75, 3.05) is 14.1 Å². The molecule has 2 atom stereocenters. The van der Waals surface area contributed by atoms with Crippen molar-refractivity contribution >= 4 is 6.29 Å². The Morgan fingerprint density at radius 3 is 2.05 bits per heavy atom. The number of aldehydes is 1. The molecule has 0 radical (unpaired) electrons. The zero-order valence-electron chi connectivity index (χ0n) is 12.7. The average molecular weight is 283 g/mol. The van der Waals surface area contributed by atoms with E-state index in [1.807, 2.05) is 75.6 Å². The van der Waals surface area contributed by atoms with Gasteiger partial charge in [-0.1, -0.05) is 37.3 Å². The molecule has 21 heavy (non-hydrogen) atoms. The monoisotopic (exact) mass is 283 g/mol. The second kappa shape index (κ2) is 7.04. The molecular formula is C18H21NO2. The van der Waals surface area contributed by atoms with Gasteiger partial charge in [0.15, 0.2) is 0 Å². The zero-order valence-corrected chi connectivity index (χ0v) is 12.7. The minimum Gasteiger partial charge on any atom is -0.457 e. The van der Waals surface area contributed by atoms with Crippen LogP contribution in [0.15, 0.2) is 54.6 Å². The molecule has 0 heterocycles. The Morgan fingerprint density at radius 2 is 1.52 bits per heavy atom. The molecule has 2 rings (SSSR count). The number of ether oxygens (including phenoxy) is 1. The van der Waals surface area contributed by atoms with Crippen LogP contribution in [0.25, 0.3) is 0 Å². The van der Waals surface area contributed by atoms with Crippen LogP contribution < -0.4 is 4.74 Å². The summed E-state index contributed by atoms with van der Waals surface area (Å²) in [5.74, 6) is 1.55. The molecule has 2 unspecified atom stereocenters. The SMILES string of the molecule is CC(C=O)C(c1ccc(Oc2ccccc2)cc1)N(C)C. The number of para-hydroxylation sites is 1. The molecule has 0 aliphatic rings. The summed E-state index contributed by atoms with van der Waals surface area (Å²) in [6, 6.07) is 17.7. The molecule has 0 aliphatic heterocycles. The normalized spacial score (nSPS) is 13.7. The molecule has 110 valence electrons. The summed E-state index contributed by atoms with van der Waals surface area (Å²) in [4.78, 5) is 13.1. The molecule has 0 saturated carbocycles. The highest BCUT2D eigenvalue weighted by Gasteiger charge is 2.20. The van der Waals surface area contributed by atoms with E-state index in [2.05, 4.69) is 4.90 Å². The Labute approximate surface area is 126 Å². The first-order valence-corrected chi connectivity index (χ1v) is 7.06. The van der Waals surface area contributed by atoms with Gasteiger partial charge in [0.25, 0.3) is 0 Å². The maximum atomic E-state index is 11.1. The summed E-state index contributed by atoms with van der Waals surface area (Å²) in [5, 5.41) is 0. The van der Waals surface area contributed by atoms with E-state index in [1.165, 1.54) is 0 Å². The summed E-state index contributed by atoms with van der Waals surface area (Å²) in [6.07, 6.45) is 0.999. The van der Waals surface area contributed by atoms with Crippen molar-refractivity contribution in [1.29, 1.82) is 0 Å². The van der Waals surface area contributed by atoms with Gasteiger partial charge in [0.2, 0.25) is 0 Å². The Morgan fingerprint density at radius 1 is 0.952 bits per heavy atom. The molecule has 0 fully saturated rings. The molecule has 0 bridgehead atoms. The minimum atomic E-state index is -0.0547. The minimum absolute atomic E-state index is 0.0547. The number of hydrogen-bond donors (Lipinski definition) is 0. The van der Waals surface area contributed by atoms with E-state index in [0.717, 1.165) is 23.3 Å². The second-order valence-corrected chi connectivity index (χ2v) is 5.39. The van der Waals surface area contributed by atoms with Crippen molar-refractivity contribution in [3.05, 3.63) is 60.2 Å². The molecule has 0 amide bonds. The number of benzene rings is 2. The highest BCUT2D eigenvalue weighted by Crippen LogP contribution is 2.28. The Hall–Kier alpha value is -2.13. The molecule has 2 aromatic carbocycles. The summed E-state index contributed by atoms with van der Waals surface area (Å²) in [5.41, 5.74) is 1.11. The van der Waals surface area contributed by atoms with Crippen LogP contribution in [-0.4, -0.2) is 25.3 Å². The lowest BCUT2D eigenvalue weighted by Gasteiger charge is -2.27. The lowest BCUT2D eigenvalue weighted by Crippen LogP contribution is -2.26. The van der Waals surface area contributed by atoms with Crippen molar-refractivity contribution in [2.24, 2.45) is 5.92 Å². The molecular weight excluding hydrogens is 262 g/mol. The van der Waals surface area contributed by atoms with Crippen LogP contribution in [0.1, 0.15) is 18.5 Å². The zero-order chi connectivity index (χ0) is 15.2. The van der Waals surface area contributed by atoms with Crippen LogP contribution in [0, 0.1) is 5.92 Å². The van der Waals surface area contributed by atoms with Gasteiger partial charge in [-0.2, -0.15) is 0 Å². The summed E-state index contributed by atoms with van der Waals surface area (Å²) in [7, 11) is 3.97. The first-order valence-electron chi connectivity index (χ1n) is 7.06. The molecule has 3 nitrogen and oxygen atoms in total. The quantitative estimate of drug-likeness (QED) is 0.753. The fourth-order valence-corrected chi connectivity index (χ4v) is 2.50. The van der Waals surface area contributed by atoms with Gasteiger partial charge in [-0.15, -0.1) is 0 Å². The van der Waals surface area contributed by atoms with Crippen LogP contribution in [0.3, 0.4) is 0 Å². The molecule has 2 aromatic rings. The Balaban J connectivity index is 2.16. The number of carbonyl (C=O) groups excluding carboxylic acids is 1. The number of rotatable bonds is 6. The largest absolute Gasteiger partial charge is 0.457 e. The van der Waals surface area contributed by atoms with Gasteiger partial charge in [-0.25, -0.2) is 0 Å². The van der Waals surface area contributed by atoms with E-state index in [9.17, 15) is 4.79 Å². The van der Waals surface area contributed by atoms with Crippen molar-refractivity contribution in [1.82, 2.24) is 4.90 Å². The maximum Gasteiger partial charge on any atom is 0.127 e. The predicted octanol–water partition coefficient (Wildman–Crippen LogP) is 3.92. The first-order chi connectivity index (χ1) is 10.1. The van der Waals surface area contributed by atoms with Crippen LogP contribution >= 0.6 is 0 Å². The summed E-state index contributed by atoms with van der Waals surface area (Å²) >= 11 is 0. The molecule has 0 spiro atoms. The maximum absolute atomic E-state index is 11.1. The van der Waals surface area contributed by atoms with Gasteiger partial charge >= 0.3 is 0 Å². The lowest BCUT2D eigenvalue weighted by atomic mass is 9.94.